The zero-order valence-electron chi connectivity index (χ0n) is 18.8. The van der Waals surface area contributed by atoms with Gasteiger partial charge in [-0.25, -0.2) is 0 Å². The molecule has 34 heavy (non-hydrogen) atoms. The van der Waals surface area contributed by atoms with Crippen LogP contribution in [0, 0.1) is 12.3 Å². The normalized spacial score (nSPS) is 23.7. The Labute approximate surface area is 206 Å². The quantitative estimate of drug-likeness (QED) is 0.409. The zero-order chi connectivity index (χ0) is 23.8. The molecule has 2 aliphatic heterocycles. The fraction of sp³-hybridized carbons (Fsp3) is 0.207. The van der Waals surface area contributed by atoms with Crippen LogP contribution in [-0.2, 0) is 4.79 Å². The van der Waals surface area contributed by atoms with Crippen molar-refractivity contribution in [3.8, 4) is 0 Å². The molecule has 2 heterocycles. The number of anilines is 1. The van der Waals surface area contributed by atoms with Crippen LogP contribution in [0.2, 0.25) is 0 Å². The number of ketones is 3. The van der Waals surface area contributed by atoms with E-state index < -0.39 is 23.4 Å². The van der Waals surface area contributed by atoms with Crippen LogP contribution < -0.4 is 4.90 Å². The van der Waals surface area contributed by atoms with E-state index in [2.05, 4.69) is 22.0 Å². The van der Waals surface area contributed by atoms with Gasteiger partial charge in [0.15, 0.2) is 17.3 Å². The summed E-state index contributed by atoms with van der Waals surface area (Å²) in [4.78, 5) is 43.9. The summed E-state index contributed by atoms with van der Waals surface area (Å²) >= 11 is 3.49. The Bertz CT molecular complexity index is 1390. The lowest BCUT2D eigenvalue weighted by atomic mass is 9.64. The van der Waals surface area contributed by atoms with Crippen LogP contribution in [0.15, 0.2) is 77.3 Å². The van der Waals surface area contributed by atoms with Gasteiger partial charge < -0.3 is 4.90 Å². The van der Waals surface area contributed by atoms with Gasteiger partial charge in [-0.1, -0.05) is 76.1 Å². The Hall–Kier alpha value is -3.31. The molecule has 0 saturated carbocycles. The Balaban J connectivity index is 1.68. The smallest absolute Gasteiger partial charge is 0.180 e. The number of fused-ring (bicyclic) bond motifs is 5. The van der Waals surface area contributed by atoms with Crippen molar-refractivity contribution in [2.75, 3.05) is 4.90 Å². The molecule has 0 bridgehead atoms. The molecule has 3 aliphatic rings. The molecule has 0 aromatic heterocycles. The molecule has 3 aromatic rings. The topological polar surface area (TPSA) is 54.5 Å². The second-order valence-corrected chi connectivity index (χ2v) is 10.3. The van der Waals surface area contributed by atoms with Crippen molar-refractivity contribution in [1.29, 1.82) is 0 Å². The molecule has 0 unspecified atom stereocenters. The molecular formula is C29H22BrNO3. The van der Waals surface area contributed by atoms with E-state index in [0.717, 1.165) is 26.9 Å². The van der Waals surface area contributed by atoms with Gasteiger partial charge in [-0.2, -0.15) is 0 Å². The summed E-state index contributed by atoms with van der Waals surface area (Å²) in [6, 6.07) is 19.6. The van der Waals surface area contributed by atoms with Crippen molar-refractivity contribution in [1.82, 2.24) is 0 Å². The number of benzene rings is 3. The predicted octanol–water partition coefficient (Wildman–Crippen LogP) is 5.78. The molecule has 5 heteroatoms. The first-order chi connectivity index (χ1) is 16.4. The average Bonchev–Trinajstić information content (AvgIpc) is 3.26. The molecule has 0 N–H and O–H groups in total. The average molecular weight is 512 g/mol. The van der Waals surface area contributed by atoms with Crippen molar-refractivity contribution < 1.29 is 14.4 Å². The number of carbonyl (C=O) groups excluding carboxylic acids is 3. The maximum absolute atomic E-state index is 14.3. The van der Waals surface area contributed by atoms with Gasteiger partial charge in [0.05, 0.1) is 12.1 Å². The number of carbonyl (C=O) groups is 3. The number of aryl methyl sites for hydroxylation is 1. The molecule has 0 amide bonds. The highest BCUT2D eigenvalue weighted by Gasteiger charge is 2.71. The van der Waals surface area contributed by atoms with Crippen LogP contribution in [0.4, 0.5) is 5.69 Å². The largest absolute Gasteiger partial charge is 0.352 e. The predicted molar refractivity (Wildman–Crippen MR) is 135 cm³/mol. The lowest BCUT2D eigenvalue weighted by molar-refractivity contribution is -0.118. The summed E-state index contributed by atoms with van der Waals surface area (Å²) in [5.74, 6) is -1.07. The maximum atomic E-state index is 14.3. The van der Waals surface area contributed by atoms with Crippen LogP contribution in [0.1, 0.15) is 50.2 Å². The molecule has 168 valence electrons. The fourth-order valence-corrected chi connectivity index (χ4v) is 6.56. The molecule has 1 aliphatic carbocycles. The molecule has 1 fully saturated rings. The second-order valence-electron chi connectivity index (χ2n) is 9.43. The highest BCUT2D eigenvalue weighted by atomic mass is 79.9. The summed E-state index contributed by atoms with van der Waals surface area (Å²) in [5, 5.41) is 0. The van der Waals surface area contributed by atoms with E-state index in [1.54, 1.807) is 31.2 Å². The van der Waals surface area contributed by atoms with E-state index in [1.807, 2.05) is 60.4 Å². The third kappa shape index (κ3) is 2.62. The van der Waals surface area contributed by atoms with E-state index in [9.17, 15) is 14.4 Å². The molecule has 1 saturated heterocycles. The number of Topliss-reactive ketones (excluding diaryl/α,β-unsaturated/α-hetero) is 3. The minimum absolute atomic E-state index is 0.0619. The second kappa shape index (κ2) is 7.34. The van der Waals surface area contributed by atoms with Gasteiger partial charge in [-0.15, -0.1) is 0 Å². The first-order valence-electron chi connectivity index (χ1n) is 11.4. The first kappa shape index (κ1) is 21.2. The van der Waals surface area contributed by atoms with Gasteiger partial charge in [0.25, 0.3) is 0 Å². The molecule has 1 spiro atoms. The van der Waals surface area contributed by atoms with Gasteiger partial charge in [0.2, 0.25) is 0 Å². The number of hydrogen-bond acceptors (Lipinski definition) is 4. The summed E-state index contributed by atoms with van der Waals surface area (Å²) in [6.45, 7) is 3.59. The Morgan fingerprint density at radius 2 is 1.59 bits per heavy atom. The SMILES string of the molecule is CC(=O)[C@H]1[C@H](c2ccc(Br)cc2)C2(C(=O)c3ccccc3C2=O)[C@@H]2C=Cc3cc(C)ccc3N21. The van der Waals surface area contributed by atoms with Gasteiger partial charge in [0.1, 0.15) is 5.41 Å². The minimum Gasteiger partial charge on any atom is -0.352 e. The van der Waals surface area contributed by atoms with E-state index in [1.165, 1.54) is 0 Å². The number of halogens is 1. The van der Waals surface area contributed by atoms with Crippen LogP contribution in [0.5, 0.6) is 0 Å². The lowest BCUT2D eigenvalue weighted by Crippen LogP contribution is -2.48. The Kier molecular flexibility index (Phi) is 4.59. The minimum atomic E-state index is -1.41. The van der Waals surface area contributed by atoms with E-state index in [-0.39, 0.29) is 17.3 Å². The maximum Gasteiger partial charge on any atom is 0.180 e. The Morgan fingerprint density at radius 1 is 0.941 bits per heavy atom. The monoisotopic (exact) mass is 511 g/mol. The van der Waals surface area contributed by atoms with Crippen LogP contribution >= 0.6 is 15.9 Å². The zero-order valence-corrected chi connectivity index (χ0v) is 20.4. The van der Waals surface area contributed by atoms with Crippen molar-refractivity contribution in [2.45, 2.75) is 31.8 Å². The van der Waals surface area contributed by atoms with Crippen LogP contribution in [0.3, 0.4) is 0 Å². The molecule has 3 aromatic carbocycles. The third-order valence-corrected chi connectivity index (χ3v) is 8.13. The third-order valence-electron chi connectivity index (χ3n) is 7.60. The van der Waals surface area contributed by atoms with Crippen LogP contribution in [-0.4, -0.2) is 29.4 Å². The molecule has 0 radical (unpaired) electrons. The summed E-state index contributed by atoms with van der Waals surface area (Å²) in [5.41, 5.74) is 3.28. The summed E-state index contributed by atoms with van der Waals surface area (Å²) < 4.78 is 0.897. The molecule has 4 nitrogen and oxygen atoms in total. The number of rotatable bonds is 2. The van der Waals surface area contributed by atoms with E-state index in [0.29, 0.717) is 11.1 Å². The van der Waals surface area contributed by atoms with Crippen molar-refractivity contribution in [3.05, 3.63) is 105 Å². The van der Waals surface area contributed by atoms with E-state index in [4.69, 9.17) is 0 Å². The van der Waals surface area contributed by atoms with Crippen LogP contribution in [0.25, 0.3) is 6.08 Å². The number of nitrogens with zero attached hydrogens (tertiary/aromatic N) is 1. The molecular weight excluding hydrogens is 490 g/mol. The molecule has 3 atom stereocenters. The summed E-state index contributed by atoms with van der Waals surface area (Å²) in [7, 11) is 0. The summed E-state index contributed by atoms with van der Waals surface area (Å²) in [6.07, 6.45) is 3.95. The highest BCUT2D eigenvalue weighted by molar-refractivity contribution is 9.10. The first-order valence-corrected chi connectivity index (χ1v) is 12.2. The van der Waals surface area contributed by atoms with Gasteiger partial charge >= 0.3 is 0 Å². The van der Waals surface area contributed by atoms with Gasteiger partial charge in [-0.05, 0) is 49.2 Å². The van der Waals surface area contributed by atoms with Crippen molar-refractivity contribution in [2.24, 2.45) is 5.41 Å². The molecule has 6 rings (SSSR count). The van der Waals surface area contributed by atoms with Crippen molar-refractivity contribution in [3.63, 3.8) is 0 Å². The number of hydrogen-bond donors (Lipinski definition) is 0. The lowest BCUT2D eigenvalue weighted by Gasteiger charge is -2.37. The fourth-order valence-electron chi connectivity index (χ4n) is 6.29. The Morgan fingerprint density at radius 3 is 2.21 bits per heavy atom. The van der Waals surface area contributed by atoms with Crippen molar-refractivity contribution >= 4 is 45.0 Å². The van der Waals surface area contributed by atoms with Gasteiger partial charge in [-0.3, -0.25) is 14.4 Å². The van der Waals surface area contributed by atoms with Gasteiger partial charge in [0, 0.05) is 27.2 Å². The highest BCUT2D eigenvalue weighted by Crippen LogP contribution is 2.60. The van der Waals surface area contributed by atoms with E-state index >= 15 is 0 Å². The standard InChI is InChI=1S/C29H22BrNO3/c1-16-7-13-23-19(15-16)10-14-24-29(27(33)21-5-3-4-6-22(21)28(29)34)25(26(17(2)32)31(23)24)18-8-11-20(30)12-9-18/h3-15,24-26H,1-2H3/t24-,25-,26-/m0/s1.